The van der Waals surface area contributed by atoms with Crippen LogP contribution < -0.4 is 10.6 Å². The first kappa shape index (κ1) is 14.2. The minimum absolute atomic E-state index is 0.262. The van der Waals surface area contributed by atoms with Gasteiger partial charge in [-0.1, -0.05) is 29.3 Å². The minimum atomic E-state index is -0.563. The molecule has 3 N–H and O–H groups in total. The Labute approximate surface area is 132 Å². The number of halogens is 2. The summed E-state index contributed by atoms with van der Waals surface area (Å²) < 4.78 is 0. The highest BCUT2D eigenvalue weighted by molar-refractivity contribution is 6.35. The molecule has 1 aromatic heterocycles. The van der Waals surface area contributed by atoms with E-state index < -0.39 is 6.03 Å². The van der Waals surface area contributed by atoms with E-state index in [2.05, 4.69) is 10.2 Å². The third kappa shape index (κ3) is 3.14. The van der Waals surface area contributed by atoms with Crippen molar-refractivity contribution in [3.8, 4) is 0 Å². The predicted octanol–water partition coefficient (Wildman–Crippen LogP) is 3.68. The van der Waals surface area contributed by atoms with Crippen molar-refractivity contribution in [3.05, 3.63) is 45.6 Å². The lowest BCUT2D eigenvalue weighted by molar-refractivity contribution is 0.253. The number of primary amides is 1. The zero-order valence-electron chi connectivity index (χ0n) is 11.1. The predicted molar refractivity (Wildman–Crippen MR) is 82.8 cm³/mol. The second-order valence-electron chi connectivity index (χ2n) is 5.11. The number of nitrogens with one attached hydrogen (secondary N) is 1. The molecule has 2 aromatic rings. The summed E-state index contributed by atoms with van der Waals surface area (Å²) >= 11 is 12.0. The molecule has 0 spiro atoms. The minimum Gasteiger partial charge on any atom is -0.351 e. The number of aromatic nitrogens is 2. The molecule has 1 heterocycles. The van der Waals surface area contributed by atoms with Gasteiger partial charge in [0.25, 0.3) is 0 Å². The van der Waals surface area contributed by atoms with E-state index in [0.29, 0.717) is 21.8 Å². The van der Waals surface area contributed by atoms with E-state index in [1.165, 1.54) is 4.90 Å². The van der Waals surface area contributed by atoms with Crippen molar-refractivity contribution in [3.63, 3.8) is 0 Å². The van der Waals surface area contributed by atoms with Crippen molar-refractivity contribution in [2.75, 3.05) is 4.90 Å². The molecule has 0 aliphatic heterocycles. The Morgan fingerprint density at radius 1 is 1.38 bits per heavy atom. The van der Waals surface area contributed by atoms with Crippen LogP contribution in [-0.2, 0) is 6.54 Å². The molecule has 3 rings (SSSR count). The molecular weight excluding hydrogens is 311 g/mol. The number of carbonyl (C=O) groups excluding carboxylic acids is 1. The maximum Gasteiger partial charge on any atom is 0.320 e. The largest absolute Gasteiger partial charge is 0.351 e. The number of H-pyrrole nitrogens is 1. The number of hydrogen-bond donors (Lipinski definition) is 2. The third-order valence-corrected chi connectivity index (χ3v) is 4.07. The second-order valence-corrected chi connectivity index (χ2v) is 5.96. The maximum atomic E-state index is 11.7. The maximum absolute atomic E-state index is 11.7. The summed E-state index contributed by atoms with van der Waals surface area (Å²) in [4.78, 5) is 13.1. The normalized spacial score (nSPS) is 14.2. The lowest BCUT2D eigenvalue weighted by Crippen LogP contribution is -2.35. The number of nitrogens with zero attached hydrogens (tertiary/aromatic N) is 2. The summed E-state index contributed by atoms with van der Waals surface area (Å²) in [6, 6.07) is 6.45. The Bertz CT molecular complexity index is 681. The molecular formula is C14H14Cl2N4O. The molecule has 1 aliphatic rings. The summed E-state index contributed by atoms with van der Waals surface area (Å²) in [6.45, 7) is 0.262. The molecule has 1 saturated carbocycles. The highest BCUT2D eigenvalue weighted by Crippen LogP contribution is 2.40. The number of urea groups is 1. The van der Waals surface area contributed by atoms with Crippen LogP contribution in [0.3, 0.4) is 0 Å². The SMILES string of the molecule is NC(=O)N(Cc1ccc(Cl)cc1Cl)c1cc(C2CC2)n[nH]1. The lowest BCUT2D eigenvalue weighted by Gasteiger charge is -2.19. The van der Waals surface area contributed by atoms with Gasteiger partial charge in [-0.3, -0.25) is 10.00 Å². The molecule has 2 amide bonds. The fraction of sp³-hybridized carbons (Fsp3) is 0.286. The number of nitrogens with two attached hydrogens (primary N) is 1. The van der Waals surface area contributed by atoms with Crippen molar-refractivity contribution in [2.24, 2.45) is 5.73 Å². The fourth-order valence-electron chi connectivity index (χ4n) is 2.16. The Hall–Kier alpha value is -1.72. The first-order valence-electron chi connectivity index (χ1n) is 6.61. The van der Waals surface area contributed by atoms with Gasteiger partial charge < -0.3 is 5.73 Å². The van der Waals surface area contributed by atoms with Crippen LogP contribution in [0.4, 0.5) is 10.6 Å². The molecule has 1 aliphatic carbocycles. The van der Waals surface area contributed by atoms with Gasteiger partial charge in [-0.25, -0.2) is 4.79 Å². The molecule has 0 atom stereocenters. The van der Waals surface area contributed by atoms with Crippen LogP contribution in [0.5, 0.6) is 0 Å². The van der Waals surface area contributed by atoms with Crippen molar-refractivity contribution < 1.29 is 4.79 Å². The Morgan fingerprint density at radius 3 is 2.76 bits per heavy atom. The zero-order valence-corrected chi connectivity index (χ0v) is 12.7. The highest BCUT2D eigenvalue weighted by Gasteiger charge is 2.27. The van der Waals surface area contributed by atoms with E-state index in [9.17, 15) is 4.79 Å². The molecule has 1 fully saturated rings. The monoisotopic (exact) mass is 324 g/mol. The van der Waals surface area contributed by atoms with Crippen molar-refractivity contribution in [1.29, 1.82) is 0 Å². The van der Waals surface area contributed by atoms with Gasteiger partial charge in [-0.15, -0.1) is 0 Å². The van der Waals surface area contributed by atoms with Gasteiger partial charge in [-0.05, 0) is 30.5 Å². The van der Waals surface area contributed by atoms with Crippen LogP contribution in [0.1, 0.15) is 30.0 Å². The molecule has 21 heavy (non-hydrogen) atoms. The van der Waals surface area contributed by atoms with E-state index in [0.717, 1.165) is 24.1 Å². The average Bonchev–Trinajstić information content (AvgIpc) is 3.16. The van der Waals surface area contributed by atoms with Crippen LogP contribution in [0.25, 0.3) is 0 Å². The van der Waals surface area contributed by atoms with E-state index >= 15 is 0 Å². The number of rotatable bonds is 4. The van der Waals surface area contributed by atoms with Crippen LogP contribution in [0, 0.1) is 0 Å². The van der Waals surface area contributed by atoms with Gasteiger partial charge in [0, 0.05) is 22.0 Å². The highest BCUT2D eigenvalue weighted by atomic mass is 35.5. The quantitative estimate of drug-likeness (QED) is 0.900. The lowest BCUT2D eigenvalue weighted by atomic mass is 10.2. The summed E-state index contributed by atoms with van der Waals surface area (Å²) in [5.41, 5.74) is 7.20. The number of carbonyl (C=O) groups is 1. The van der Waals surface area contributed by atoms with Crippen LogP contribution >= 0.6 is 23.2 Å². The van der Waals surface area contributed by atoms with Gasteiger partial charge in [0.05, 0.1) is 12.2 Å². The van der Waals surface area contributed by atoms with Crippen LogP contribution in [0.2, 0.25) is 10.0 Å². The van der Waals surface area contributed by atoms with Gasteiger partial charge in [-0.2, -0.15) is 5.10 Å². The number of aromatic amines is 1. The Kier molecular flexibility index (Phi) is 3.78. The summed E-state index contributed by atoms with van der Waals surface area (Å²) in [6.07, 6.45) is 2.29. The number of hydrogen-bond acceptors (Lipinski definition) is 2. The van der Waals surface area contributed by atoms with Gasteiger partial charge >= 0.3 is 6.03 Å². The summed E-state index contributed by atoms with van der Waals surface area (Å²) in [5, 5.41) is 8.14. The van der Waals surface area contributed by atoms with E-state index in [-0.39, 0.29) is 6.54 Å². The van der Waals surface area contributed by atoms with Crippen molar-refractivity contribution >= 4 is 35.1 Å². The van der Waals surface area contributed by atoms with E-state index in [4.69, 9.17) is 28.9 Å². The van der Waals surface area contributed by atoms with Crippen molar-refractivity contribution in [1.82, 2.24) is 10.2 Å². The first-order valence-corrected chi connectivity index (χ1v) is 7.36. The first-order chi connectivity index (χ1) is 10.0. The number of benzene rings is 1. The van der Waals surface area contributed by atoms with E-state index in [1.807, 2.05) is 6.07 Å². The molecule has 1 aromatic carbocycles. The summed E-state index contributed by atoms with van der Waals surface area (Å²) in [7, 11) is 0. The third-order valence-electron chi connectivity index (χ3n) is 3.48. The van der Waals surface area contributed by atoms with Gasteiger partial charge in [0.15, 0.2) is 0 Å². The average molecular weight is 325 g/mol. The van der Waals surface area contributed by atoms with Crippen molar-refractivity contribution in [2.45, 2.75) is 25.3 Å². The molecule has 0 bridgehead atoms. The smallest absolute Gasteiger partial charge is 0.320 e. The van der Waals surface area contributed by atoms with Gasteiger partial charge in [0.1, 0.15) is 5.82 Å². The Morgan fingerprint density at radius 2 is 2.14 bits per heavy atom. The standard InChI is InChI=1S/C14H14Cl2N4O/c15-10-4-3-9(11(16)5-10)7-20(14(17)21)13-6-12(18-19-13)8-1-2-8/h3-6,8H,1-2,7H2,(H2,17,21)(H,18,19). The van der Waals surface area contributed by atoms with Crippen LogP contribution in [0.15, 0.2) is 24.3 Å². The fourth-order valence-corrected chi connectivity index (χ4v) is 2.62. The zero-order chi connectivity index (χ0) is 15.0. The molecule has 0 saturated heterocycles. The van der Waals surface area contributed by atoms with Crippen LogP contribution in [-0.4, -0.2) is 16.2 Å². The number of amides is 2. The molecule has 5 nitrogen and oxygen atoms in total. The molecule has 7 heteroatoms. The molecule has 0 radical (unpaired) electrons. The summed E-state index contributed by atoms with van der Waals surface area (Å²) in [5.74, 6) is 1.08. The number of anilines is 1. The van der Waals surface area contributed by atoms with E-state index in [1.54, 1.807) is 18.2 Å². The van der Waals surface area contributed by atoms with Gasteiger partial charge in [0.2, 0.25) is 0 Å². The Balaban J connectivity index is 1.85. The second kappa shape index (κ2) is 5.58. The topological polar surface area (TPSA) is 75.0 Å². The molecule has 0 unspecified atom stereocenters. The molecule has 110 valence electrons.